The minimum atomic E-state index is -1.11. The number of halogens is 1. The van der Waals surface area contributed by atoms with Gasteiger partial charge in [0.1, 0.15) is 11.9 Å². The molecule has 0 aliphatic carbocycles. The summed E-state index contributed by atoms with van der Waals surface area (Å²) in [6, 6.07) is -0.349. The van der Waals surface area contributed by atoms with Gasteiger partial charge >= 0.3 is 11.8 Å². The van der Waals surface area contributed by atoms with Gasteiger partial charge in [-0.15, -0.1) is 0 Å². The van der Waals surface area contributed by atoms with E-state index in [1.165, 1.54) is 19.5 Å². The number of ether oxygens (including phenoxy) is 1. The average molecular weight is 375 g/mol. The van der Waals surface area contributed by atoms with E-state index in [0.29, 0.717) is 29.7 Å². The van der Waals surface area contributed by atoms with E-state index in [1.54, 1.807) is 4.90 Å². The summed E-state index contributed by atoms with van der Waals surface area (Å²) >= 11 is 3.29. The summed E-state index contributed by atoms with van der Waals surface area (Å²) in [5.74, 6) is 0. The number of nitrogens with zero attached hydrogens (tertiary/aromatic N) is 3. The number of piperidine rings is 1. The summed E-state index contributed by atoms with van der Waals surface area (Å²) in [5.41, 5.74) is 0.324. The van der Waals surface area contributed by atoms with Crippen LogP contribution in [0.15, 0.2) is 16.9 Å². The van der Waals surface area contributed by atoms with Crippen LogP contribution in [-0.4, -0.2) is 53.5 Å². The highest BCUT2D eigenvalue weighted by Crippen LogP contribution is 2.36. The summed E-state index contributed by atoms with van der Waals surface area (Å²) in [6.07, 6.45) is 1.66. The normalized spacial score (nSPS) is 21.5. The van der Waals surface area contributed by atoms with E-state index in [9.17, 15) is 14.9 Å². The van der Waals surface area contributed by atoms with Crippen LogP contribution in [0.2, 0.25) is 0 Å². The van der Waals surface area contributed by atoms with E-state index in [-0.39, 0.29) is 11.7 Å². The third kappa shape index (κ3) is 3.45. The van der Waals surface area contributed by atoms with Crippen LogP contribution in [0.5, 0.6) is 0 Å². The summed E-state index contributed by atoms with van der Waals surface area (Å²) in [5, 5.41) is 22.4. The van der Waals surface area contributed by atoms with Crippen molar-refractivity contribution in [3.05, 3.63) is 27.0 Å². The van der Waals surface area contributed by atoms with E-state index < -0.39 is 17.1 Å². The topological polar surface area (TPSA) is 118 Å². The van der Waals surface area contributed by atoms with Crippen molar-refractivity contribution in [1.82, 2.24) is 10.3 Å². The number of methoxy groups -OCH3 is 1. The highest BCUT2D eigenvalue weighted by Gasteiger charge is 2.34. The number of aromatic nitrogens is 1. The Morgan fingerprint density at radius 2 is 2.36 bits per heavy atom. The van der Waals surface area contributed by atoms with Crippen molar-refractivity contribution in [3.63, 3.8) is 0 Å². The standard InChI is InChI=1S/C12H15BrN4O5/c1-22-10-6-16(3-2-8(10)15-12(18)19)11-7(13)4-14-5-9(11)17(20)21/h4-5,8,10,15H,2-3,6H2,1H3,(H,18,19)/t8-,10-/m1/s1. The first-order valence-corrected chi connectivity index (χ1v) is 7.28. The maximum atomic E-state index is 11.2. The van der Waals surface area contributed by atoms with Crippen LogP contribution < -0.4 is 10.2 Å². The van der Waals surface area contributed by atoms with Crippen LogP contribution in [0.3, 0.4) is 0 Å². The van der Waals surface area contributed by atoms with Gasteiger partial charge in [-0.05, 0) is 22.4 Å². The van der Waals surface area contributed by atoms with Gasteiger partial charge in [0.15, 0.2) is 0 Å². The lowest BCUT2D eigenvalue weighted by Crippen LogP contribution is -2.54. The first-order chi connectivity index (χ1) is 10.4. The highest BCUT2D eigenvalue weighted by molar-refractivity contribution is 9.10. The van der Waals surface area contributed by atoms with Crippen LogP contribution in [0.25, 0.3) is 0 Å². The molecule has 2 rings (SSSR count). The Labute approximate surface area is 134 Å². The molecule has 1 aromatic heterocycles. The number of hydrogen-bond acceptors (Lipinski definition) is 6. The van der Waals surface area contributed by atoms with Gasteiger partial charge in [-0.1, -0.05) is 0 Å². The minimum absolute atomic E-state index is 0.103. The minimum Gasteiger partial charge on any atom is -0.465 e. The molecule has 2 N–H and O–H groups in total. The molecular weight excluding hydrogens is 360 g/mol. The smallest absolute Gasteiger partial charge is 0.404 e. The maximum absolute atomic E-state index is 11.2. The van der Waals surface area contributed by atoms with Crippen molar-refractivity contribution in [2.75, 3.05) is 25.1 Å². The maximum Gasteiger partial charge on any atom is 0.404 e. The fraction of sp³-hybridized carbons (Fsp3) is 0.500. The van der Waals surface area contributed by atoms with Crippen LogP contribution in [0.4, 0.5) is 16.2 Å². The van der Waals surface area contributed by atoms with Gasteiger partial charge in [0.25, 0.3) is 0 Å². The third-order valence-corrected chi connectivity index (χ3v) is 4.12. The van der Waals surface area contributed by atoms with Crippen molar-refractivity contribution in [2.24, 2.45) is 0 Å². The number of pyridine rings is 1. The van der Waals surface area contributed by atoms with Gasteiger partial charge in [-0.25, -0.2) is 4.79 Å². The molecule has 1 amide bonds. The number of amides is 1. The lowest BCUT2D eigenvalue weighted by Gasteiger charge is -2.38. The quantitative estimate of drug-likeness (QED) is 0.606. The molecule has 1 fully saturated rings. The van der Waals surface area contributed by atoms with Gasteiger partial charge < -0.3 is 20.1 Å². The Balaban J connectivity index is 2.25. The third-order valence-electron chi connectivity index (χ3n) is 3.54. The van der Waals surface area contributed by atoms with E-state index in [1.807, 2.05) is 0 Å². The first-order valence-electron chi connectivity index (χ1n) is 6.49. The molecule has 2 atom stereocenters. The van der Waals surface area contributed by atoms with Gasteiger partial charge in [0.05, 0.1) is 21.5 Å². The second kappa shape index (κ2) is 6.88. The van der Waals surface area contributed by atoms with Crippen LogP contribution in [0.1, 0.15) is 6.42 Å². The molecule has 0 aromatic carbocycles. The molecule has 0 radical (unpaired) electrons. The molecule has 10 heteroatoms. The monoisotopic (exact) mass is 374 g/mol. The molecule has 22 heavy (non-hydrogen) atoms. The lowest BCUT2D eigenvalue weighted by molar-refractivity contribution is -0.384. The van der Waals surface area contributed by atoms with Crippen LogP contribution >= 0.6 is 15.9 Å². The molecule has 0 unspecified atom stereocenters. The fourth-order valence-corrected chi connectivity index (χ4v) is 3.12. The number of carboxylic acid groups (broad SMARTS) is 1. The van der Waals surface area contributed by atoms with E-state index in [2.05, 4.69) is 26.2 Å². The van der Waals surface area contributed by atoms with E-state index in [4.69, 9.17) is 9.84 Å². The summed E-state index contributed by atoms with van der Waals surface area (Å²) in [7, 11) is 1.49. The van der Waals surface area contributed by atoms with E-state index >= 15 is 0 Å². The molecule has 9 nitrogen and oxygen atoms in total. The van der Waals surface area contributed by atoms with Crippen molar-refractivity contribution < 1.29 is 19.6 Å². The van der Waals surface area contributed by atoms with Crippen LogP contribution in [0, 0.1) is 10.1 Å². The number of nitrogens with one attached hydrogen (secondary N) is 1. The summed E-state index contributed by atoms with van der Waals surface area (Å²) < 4.78 is 5.84. The molecule has 0 spiro atoms. The Morgan fingerprint density at radius 3 is 2.95 bits per heavy atom. The zero-order valence-corrected chi connectivity index (χ0v) is 13.3. The predicted octanol–water partition coefficient (Wildman–Crippen LogP) is 1.61. The SMILES string of the molecule is CO[C@@H]1CN(c2c(Br)cncc2[N+](=O)[O-])CC[C@H]1NC(=O)O. The molecule has 2 heterocycles. The predicted molar refractivity (Wildman–Crippen MR) is 81.2 cm³/mol. The average Bonchev–Trinajstić information content (AvgIpc) is 2.47. The van der Waals surface area contributed by atoms with Crippen molar-refractivity contribution in [1.29, 1.82) is 0 Å². The van der Waals surface area contributed by atoms with Crippen molar-refractivity contribution in [3.8, 4) is 0 Å². The van der Waals surface area contributed by atoms with E-state index in [0.717, 1.165) is 0 Å². The molecule has 1 aliphatic rings. The molecule has 120 valence electrons. The zero-order valence-electron chi connectivity index (χ0n) is 11.7. The molecule has 1 saturated heterocycles. The first kappa shape index (κ1) is 16.4. The number of hydrogen-bond donors (Lipinski definition) is 2. The number of nitro groups is 1. The zero-order chi connectivity index (χ0) is 16.3. The summed E-state index contributed by atoms with van der Waals surface area (Å²) in [4.78, 5) is 27.1. The Hall–Kier alpha value is -1.94. The largest absolute Gasteiger partial charge is 0.465 e. The lowest BCUT2D eigenvalue weighted by atomic mass is 10.0. The Kier molecular flexibility index (Phi) is 5.14. The number of rotatable bonds is 4. The van der Waals surface area contributed by atoms with Gasteiger partial charge in [-0.3, -0.25) is 15.1 Å². The summed E-state index contributed by atoms with van der Waals surface area (Å²) in [6.45, 7) is 0.805. The van der Waals surface area contributed by atoms with Crippen LogP contribution in [-0.2, 0) is 4.74 Å². The molecule has 0 bridgehead atoms. The number of carbonyl (C=O) groups is 1. The van der Waals surface area contributed by atoms with Gasteiger partial charge in [0, 0.05) is 26.4 Å². The Bertz CT molecular complexity index is 585. The van der Waals surface area contributed by atoms with Crippen molar-refractivity contribution >= 4 is 33.4 Å². The molecule has 0 saturated carbocycles. The van der Waals surface area contributed by atoms with Crippen molar-refractivity contribution in [2.45, 2.75) is 18.6 Å². The molecule has 1 aromatic rings. The number of anilines is 1. The van der Waals surface area contributed by atoms with Gasteiger partial charge in [0.2, 0.25) is 0 Å². The fourth-order valence-electron chi connectivity index (χ4n) is 2.55. The highest BCUT2D eigenvalue weighted by atomic mass is 79.9. The van der Waals surface area contributed by atoms with Gasteiger partial charge in [-0.2, -0.15) is 0 Å². The molecular formula is C12H15BrN4O5. The second-order valence-corrected chi connectivity index (χ2v) is 5.67. The Morgan fingerprint density at radius 1 is 1.64 bits per heavy atom. The molecule has 1 aliphatic heterocycles. The second-order valence-electron chi connectivity index (χ2n) is 4.81.